The highest BCUT2D eigenvalue weighted by Crippen LogP contribution is 2.56. The molecule has 0 aromatic heterocycles. The third-order valence-electron chi connectivity index (χ3n) is 6.36. The Labute approximate surface area is 185 Å². The molecule has 1 spiro atoms. The number of anilines is 1. The van der Waals surface area contributed by atoms with E-state index < -0.39 is 18.3 Å². The summed E-state index contributed by atoms with van der Waals surface area (Å²) in [6.07, 6.45) is 0. The molecule has 3 aliphatic rings. The summed E-state index contributed by atoms with van der Waals surface area (Å²) < 4.78 is 24.3. The normalized spacial score (nSPS) is 22.0. The van der Waals surface area contributed by atoms with Crippen molar-refractivity contribution in [1.82, 2.24) is 0 Å². The molecule has 32 heavy (non-hydrogen) atoms. The van der Waals surface area contributed by atoms with Gasteiger partial charge in [-0.1, -0.05) is 36.9 Å². The van der Waals surface area contributed by atoms with Crippen LogP contribution in [0.1, 0.15) is 40.9 Å². The topological polar surface area (TPSA) is 80.0 Å². The van der Waals surface area contributed by atoms with Gasteiger partial charge in [0.15, 0.2) is 5.60 Å². The summed E-state index contributed by atoms with van der Waals surface area (Å²) in [6.45, 7) is 7.77. The second-order valence-corrected chi connectivity index (χ2v) is 8.73. The van der Waals surface area contributed by atoms with Gasteiger partial charge in [-0.25, -0.2) is 4.79 Å². The Balaban J connectivity index is 1.56. The highest BCUT2D eigenvalue weighted by molar-refractivity contribution is 6.62. The van der Waals surface area contributed by atoms with Gasteiger partial charge in [-0.15, -0.1) is 0 Å². The minimum Gasteiger partial charge on any atom is -0.534 e. The maximum absolute atomic E-state index is 12.9. The molecular formula is C25H20BNO5. The molecular weight excluding hydrogens is 405 g/mol. The first-order chi connectivity index (χ1) is 15.3. The molecule has 0 aliphatic carbocycles. The van der Waals surface area contributed by atoms with Crippen LogP contribution in [0.5, 0.6) is 11.5 Å². The van der Waals surface area contributed by atoms with Gasteiger partial charge in [-0.3, -0.25) is 0 Å². The second kappa shape index (κ2) is 6.17. The fourth-order valence-electron chi connectivity index (χ4n) is 4.62. The Morgan fingerprint density at radius 2 is 1.66 bits per heavy atom. The smallest absolute Gasteiger partial charge is 0.534 e. The summed E-state index contributed by atoms with van der Waals surface area (Å²) in [6, 6.07) is 18.5. The van der Waals surface area contributed by atoms with Crippen molar-refractivity contribution < 1.29 is 23.6 Å². The highest BCUT2D eigenvalue weighted by Gasteiger charge is 2.54. The minimum absolute atomic E-state index is 0.374. The summed E-state index contributed by atoms with van der Waals surface area (Å²) in [4.78, 5) is 12.9. The van der Waals surface area contributed by atoms with Gasteiger partial charge in [0.05, 0.1) is 11.3 Å². The molecule has 6 nitrogen and oxygen atoms in total. The van der Waals surface area contributed by atoms with E-state index >= 15 is 0 Å². The molecule has 1 fully saturated rings. The lowest BCUT2D eigenvalue weighted by Crippen LogP contribution is -2.37. The van der Waals surface area contributed by atoms with Gasteiger partial charge < -0.3 is 24.5 Å². The molecule has 0 bridgehead atoms. The Morgan fingerprint density at radius 3 is 2.41 bits per heavy atom. The van der Waals surface area contributed by atoms with Gasteiger partial charge in [0.25, 0.3) is 0 Å². The molecule has 0 amide bonds. The molecule has 1 atom stereocenters. The van der Waals surface area contributed by atoms with Gasteiger partial charge in [-0.2, -0.15) is 0 Å². The summed E-state index contributed by atoms with van der Waals surface area (Å²) in [5, 5.41) is 0. The van der Waals surface area contributed by atoms with Crippen LogP contribution >= 0.6 is 0 Å². The number of esters is 1. The van der Waals surface area contributed by atoms with Gasteiger partial charge in [0.2, 0.25) is 0 Å². The largest absolute Gasteiger partial charge is 0.563 e. The van der Waals surface area contributed by atoms with Crippen molar-refractivity contribution in [3.63, 3.8) is 0 Å². The molecule has 3 aliphatic heterocycles. The van der Waals surface area contributed by atoms with Crippen LogP contribution in [0, 0.1) is 0 Å². The number of rotatable bonds is 1. The molecule has 0 saturated carbocycles. The minimum atomic E-state index is -1.12. The zero-order chi connectivity index (χ0) is 22.3. The van der Waals surface area contributed by atoms with E-state index in [2.05, 4.69) is 6.58 Å². The first kappa shape index (κ1) is 19.0. The maximum Gasteiger partial charge on any atom is 0.563 e. The number of ether oxygens (including phenoxy) is 2. The standard InChI is InChI=1S/C25H20BNO5/c1-14-24(2,3)32-26(31-14)15-8-10-19-21(12-15)29-22-13-16(27)9-11-20(22)25(19)18-7-5-4-6-17(18)23(28)30-25/h4-13H,1,27H2,2-3H3. The molecule has 0 radical (unpaired) electrons. The second-order valence-electron chi connectivity index (χ2n) is 8.73. The third-order valence-corrected chi connectivity index (χ3v) is 6.36. The first-order valence-corrected chi connectivity index (χ1v) is 10.4. The number of hydrogen-bond acceptors (Lipinski definition) is 6. The Kier molecular flexibility index (Phi) is 3.67. The van der Waals surface area contributed by atoms with Crippen molar-refractivity contribution in [2.45, 2.75) is 25.0 Å². The zero-order valence-corrected chi connectivity index (χ0v) is 17.7. The quantitative estimate of drug-likeness (QED) is 0.362. The maximum atomic E-state index is 12.9. The van der Waals surface area contributed by atoms with Crippen LogP contribution in [0.15, 0.2) is 73.0 Å². The van der Waals surface area contributed by atoms with Gasteiger partial charge >= 0.3 is 13.1 Å². The molecule has 3 aromatic rings. The lowest BCUT2D eigenvalue weighted by atomic mass is 9.74. The van der Waals surface area contributed by atoms with E-state index in [1.165, 1.54) is 0 Å². The predicted octanol–water partition coefficient (Wildman–Crippen LogP) is 3.87. The van der Waals surface area contributed by atoms with Crippen molar-refractivity contribution in [2.24, 2.45) is 0 Å². The number of carbonyl (C=O) groups excluding carboxylic acids is 1. The SMILES string of the molecule is C=C1OB(c2ccc3c(c2)Oc2cc(N)ccc2C32OC(=O)c3ccccc32)OC1(C)C. The van der Waals surface area contributed by atoms with Crippen LogP contribution in [0.3, 0.4) is 0 Å². The number of hydrogen-bond donors (Lipinski definition) is 1. The predicted molar refractivity (Wildman–Crippen MR) is 120 cm³/mol. The fourth-order valence-corrected chi connectivity index (χ4v) is 4.62. The Hall–Kier alpha value is -3.71. The zero-order valence-electron chi connectivity index (χ0n) is 17.7. The van der Waals surface area contributed by atoms with E-state index in [0.29, 0.717) is 28.5 Å². The average molecular weight is 425 g/mol. The van der Waals surface area contributed by atoms with Crippen molar-refractivity contribution in [3.8, 4) is 11.5 Å². The van der Waals surface area contributed by atoms with Crippen LogP contribution in [0.25, 0.3) is 0 Å². The number of benzene rings is 3. The lowest BCUT2D eigenvalue weighted by Gasteiger charge is -2.36. The highest BCUT2D eigenvalue weighted by atomic mass is 16.7. The molecule has 158 valence electrons. The number of fused-ring (bicyclic) bond motifs is 6. The summed E-state index contributed by atoms with van der Waals surface area (Å²) in [5.74, 6) is 1.28. The van der Waals surface area contributed by atoms with Crippen molar-refractivity contribution in [1.29, 1.82) is 0 Å². The first-order valence-electron chi connectivity index (χ1n) is 10.4. The molecule has 7 heteroatoms. The Bertz CT molecular complexity index is 1330. The van der Waals surface area contributed by atoms with Crippen LogP contribution in [0.4, 0.5) is 5.69 Å². The van der Waals surface area contributed by atoms with Gasteiger partial charge in [0, 0.05) is 33.9 Å². The summed E-state index contributed by atoms with van der Waals surface area (Å²) in [7, 11) is -0.608. The van der Waals surface area contributed by atoms with E-state index in [4.69, 9.17) is 24.5 Å². The Morgan fingerprint density at radius 1 is 0.938 bits per heavy atom. The van der Waals surface area contributed by atoms with Crippen LogP contribution < -0.4 is 15.9 Å². The van der Waals surface area contributed by atoms with Crippen molar-refractivity contribution in [3.05, 3.63) is 95.3 Å². The van der Waals surface area contributed by atoms with E-state index in [0.717, 1.165) is 22.2 Å². The summed E-state index contributed by atoms with van der Waals surface area (Å²) in [5.41, 5.74) is 8.43. The van der Waals surface area contributed by atoms with Crippen LogP contribution in [-0.2, 0) is 19.6 Å². The number of carbonyl (C=O) groups is 1. The van der Waals surface area contributed by atoms with E-state index in [1.54, 1.807) is 18.2 Å². The van der Waals surface area contributed by atoms with Gasteiger partial charge in [0.1, 0.15) is 17.1 Å². The summed E-state index contributed by atoms with van der Waals surface area (Å²) >= 11 is 0. The van der Waals surface area contributed by atoms with Crippen LogP contribution in [-0.4, -0.2) is 18.7 Å². The molecule has 1 saturated heterocycles. The number of nitrogen functional groups attached to an aromatic ring is 1. The molecule has 1 unspecified atom stereocenters. The molecule has 3 heterocycles. The molecule has 3 aromatic carbocycles. The molecule has 2 N–H and O–H groups in total. The monoisotopic (exact) mass is 425 g/mol. The molecule has 6 rings (SSSR count). The van der Waals surface area contributed by atoms with Crippen LogP contribution in [0.2, 0.25) is 0 Å². The fraction of sp³-hybridized carbons (Fsp3) is 0.160. The third kappa shape index (κ3) is 2.42. The van der Waals surface area contributed by atoms with E-state index in [1.807, 2.05) is 56.3 Å². The van der Waals surface area contributed by atoms with Crippen molar-refractivity contribution in [2.75, 3.05) is 5.73 Å². The number of nitrogens with two attached hydrogens (primary N) is 1. The van der Waals surface area contributed by atoms with E-state index in [9.17, 15) is 4.79 Å². The van der Waals surface area contributed by atoms with Crippen molar-refractivity contribution >= 4 is 24.2 Å². The average Bonchev–Trinajstić information content (AvgIpc) is 3.21. The van der Waals surface area contributed by atoms with E-state index in [-0.39, 0.29) is 5.97 Å². The lowest BCUT2D eigenvalue weighted by molar-refractivity contribution is 0.0224. The van der Waals surface area contributed by atoms with Gasteiger partial charge in [-0.05, 0) is 38.1 Å².